The minimum atomic E-state index is -0.650. The van der Waals surface area contributed by atoms with E-state index in [1.165, 1.54) is 219 Å². The summed E-state index contributed by atoms with van der Waals surface area (Å²) in [5.41, 5.74) is 0. The maximum Gasteiger partial charge on any atom is 0.303 e. The molecule has 0 aliphatic rings. The van der Waals surface area contributed by atoms with Gasteiger partial charge in [0, 0.05) is 6.42 Å². The largest absolute Gasteiger partial charge is 0.481 e. The lowest BCUT2D eigenvalue weighted by Gasteiger charge is -2.26. The van der Waals surface area contributed by atoms with E-state index < -0.39 is 5.97 Å². The van der Waals surface area contributed by atoms with Crippen LogP contribution in [0.2, 0.25) is 0 Å². The molecule has 0 atom stereocenters. The number of carbonyl (C=O) groups is 1. The number of nitrogens with zero attached hydrogens (tertiary/aromatic N) is 2. The first-order chi connectivity index (χ1) is 23.1. The van der Waals surface area contributed by atoms with E-state index in [2.05, 4.69) is 30.6 Å². The predicted octanol–water partition coefficient (Wildman–Crippen LogP) is 13.6. The zero-order valence-corrected chi connectivity index (χ0v) is 32.8. The van der Waals surface area contributed by atoms with Crippen molar-refractivity contribution in [2.45, 2.75) is 233 Å². The van der Waals surface area contributed by atoms with Crippen molar-refractivity contribution in [2.75, 3.05) is 39.3 Å². The first-order valence-corrected chi connectivity index (χ1v) is 21.8. The lowest BCUT2D eigenvalue weighted by Crippen LogP contribution is -2.32. The van der Waals surface area contributed by atoms with Crippen LogP contribution in [0.15, 0.2) is 0 Å². The van der Waals surface area contributed by atoms with E-state index in [0.29, 0.717) is 6.42 Å². The van der Waals surface area contributed by atoms with Gasteiger partial charge >= 0.3 is 5.97 Å². The van der Waals surface area contributed by atoms with Gasteiger partial charge in [0.25, 0.3) is 0 Å². The van der Waals surface area contributed by atoms with Crippen LogP contribution in [0.5, 0.6) is 0 Å². The molecule has 0 aromatic heterocycles. The van der Waals surface area contributed by atoms with E-state index in [-0.39, 0.29) is 0 Å². The van der Waals surface area contributed by atoms with E-state index in [9.17, 15) is 9.90 Å². The molecule has 0 saturated carbocycles. The maximum absolute atomic E-state index is 11.2. The van der Waals surface area contributed by atoms with Gasteiger partial charge in [0.2, 0.25) is 0 Å². The Kier molecular flexibility index (Phi) is 39.3. The lowest BCUT2D eigenvalue weighted by molar-refractivity contribution is -0.137. The fourth-order valence-electron chi connectivity index (χ4n) is 7.11. The normalized spacial score (nSPS) is 11.8. The van der Waals surface area contributed by atoms with Crippen molar-refractivity contribution >= 4 is 5.97 Å². The Morgan fingerprint density at radius 1 is 0.319 bits per heavy atom. The van der Waals surface area contributed by atoms with Crippen molar-refractivity contribution in [3.63, 3.8) is 0 Å². The van der Waals surface area contributed by atoms with Crippen molar-refractivity contribution in [3.8, 4) is 0 Å². The fourth-order valence-corrected chi connectivity index (χ4v) is 7.11. The average Bonchev–Trinajstić information content (AvgIpc) is 3.06. The summed E-state index contributed by atoms with van der Waals surface area (Å²) in [6.07, 6.45) is 44.2. The van der Waals surface area contributed by atoms with Crippen LogP contribution in [0.4, 0.5) is 0 Å². The molecule has 0 aromatic rings. The van der Waals surface area contributed by atoms with Crippen molar-refractivity contribution in [2.24, 2.45) is 0 Å². The molecule has 47 heavy (non-hydrogen) atoms. The number of unbranched alkanes of at least 4 members (excludes halogenated alkanes) is 27. The van der Waals surface area contributed by atoms with Crippen molar-refractivity contribution in [3.05, 3.63) is 0 Å². The highest BCUT2D eigenvalue weighted by Crippen LogP contribution is 2.14. The SMILES string of the molecule is CCCCCCCCCCCCN(CCCCCCCCCCCC)CCCN(CCCCCCCCCCCC)CCCC(=O)O. The summed E-state index contributed by atoms with van der Waals surface area (Å²) < 4.78 is 0. The third-order valence-corrected chi connectivity index (χ3v) is 10.3. The Morgan fingerprint density at radius 2 is 0.532 bits per heavy atom. The molecule has 282 valence electrons. The monoisotopic (exact) mass is 665 g/mol. The topological polar surface area (TPSA) is 43.8 Å². The van der Waals surface area contributed by atoms with Crippen molar-refractivity contribution < 1.29 is 9.90 Å². The number of carboxylic acids is 1. The molecule has 1 N–H and O–H groups in total. The molecule has 0 aliphatic heterocycles. The van der Waals surface area contributed by atoms with Gasteiger partial charge in [0.15, 0.2) is 0 Å². The first kappa shape index (κ1) is 46.4. The molecule has 4 nitrogen and oxygen atoms in total. The van der Waals surface area contributed by atoms with Gasteiger partial charge in [-0.1, -0.05) is 194 Å². The predicted molar refractivity (Wildman–Crippen MR) is 210 cm³/mol. The lowest BCUT2D eigenvalue weighted by atomic mass is 10.1. The van der Waals surface area contributed by atoms with E-state index in [4.69, 9.17) is 0 Å². The summed E-state index contributed by atoms with van der Waals surface area (Å²) in [5.74, 6) is -0.650. The molecule has 4 heteroatoms. The zero-order valence-electron chi connectivity index (χ0n) is 32.8. The highest BCUT2D eigenvalue weighted by molar-refractivity contribution is 5.66. The van der Waals surface area contributed by atoms with Crippen LogP contribution >= 0.6 is 0 Å². The smallest absolute Gasteiger partial charge is 0.303 e. The standard InChI is InChI=1S/C43H88N2O2/c1-4-7-10-13-16-19-22-25-28-31-37-44(38-32-29-26-23-20-17-14-11-8-5-2)41-35-42-45(40-34-36-43(46)47)39-33-30-27-24-21-18-15-12-9-6-3/h4-42H2,1-3H3,(H,46,47). The van der Waals surface area contributed by atoms with Gasteiger partial charge in [-0.15, -0.1) is 0 Å². The van der Waals surface area contributed by atoms with Crippen molar-refractivity contribution in [1.29, 1.82) is 0 Å². The van der Waals surface area contributed by atoms with E-state index >= 15 is 0 Å². The number of hydrogen-bond acceptors (Lipinski definition) is 3. The number of rotatable bonds is 41. The van der Waals surface area contributed by atoms with Crippen LogP contribution in [0.3, 0.4) is 0 Å². The second kappa shape index (κ2) is 39.8. The summed E-state index contributed by atoms with van der Waals surface area (Å²) in [5, 5.41) is 9.20. The highest BCUT2D eigenvalue weighted by atomic mass is 16.4. The third-order valence-electron chi connectivity index (χ3n) is 10.3. The minimum absolute atomic E-state index is 0.304. The highest BCUT2D eigenvalue weighted by Gasteiger charge is 2.10. The van der Waals surface area contributed by atoms with Gasteiger partial charge < -0.3 is 14.9 Å². The quantitative estimate of drug-likeness (QED) is 0.0661. The molecule has 0 rings (SSSR count). The Labute approximate surface area is 297 Å². The summed E-state index contributed by atoms with van der Waals surface area (Å²) in [6.45, 7) is 13.9. The summed E-state index contributed by atoms with van der Waals surface area (Å²) in [6, 6.07) is 0. The molecular formula is C43H88N2O2. The first-order valence-electron chi connectivity index (χ1n) is 21.8. The number of carboxylic acid groups (broad SMARTS) is 1. The van der Waals surface area contributed by atoms with Gasteiger partial charge in [-0.2, -0.15) is 0 Å². The Balaban J connectivity index is 4.47. The van der Waals surface area contributed by atoms with Crippen LogP contribution in [0, 0.1) is 0 Å². The van der Waals surface area contributed by atoms with Gasteiger partial charge in [-0.05, 0) is 71.4 Å². The van der Waals surface area contributed by atoms with Gasteiger partial charge in [-0.25, -0.2) is 0 Å². The Morgan fingerprint density at radius 3 is 0.787 bits per heavy atom. The van der Waals surface area contributed by atoms with Crippen LogP contribution in [-0.4, -0.2) is 60.1 Å². The van der Waals surface area contributed by atoms with Gasteiger partial charge in [0.1, 0.15) is 0 Å². The summed E-state index contributed by atoms with van der Waals surface area (Å²) >= 11 is 0. The second-order valence-electron chi connectivity index (χ2n) is 15.1. The summed E-state index contributed by atoms with van der Waals surface area (Å²) in [7, 11) is 0. The molecule has 0 fully saturated rings. The molecule has 0 spiro atoms. The van der Waals surface area contributed by atoms with E-state index in [0.717, 1.165) is 26.1 Å². The Hall–Kier alpha value is -0.610. The van der Waals surface area contributed by atoms with Crippen LogP contribution < -0.4 is 0 Å². The van der Waals surface area contributed by atoms with Crippen molar-refractivity contribution in [1.82, 2.24) is 9.80 Å². The third kappa shape index (κ3) is 38.1. The molecule has 0 heterocycles. The zero-order chi connectivity index (χ0) is 34.3. The number of hydrogen-bond donors (Lipinski definition) is 1. The van der Waals surface area contributed by atoms with E-state index in [1.807, 2.05) is 0 Å². The van der Waals surface area contributed by atoms with Crippen LogP contribution in [0.25, 0.3) is 0 Å². The minimum Gasteiger partial charge on any atom is -0.481 e. The molecule has 0 saturated heterocycles. The fraction of sp³-hybridized carbons (Fsp3) is 0.977. The average molecular weight is 665 g/mol. The second-order valence-corrected chi connectivity index (χ2v) is 15.1. The molecular weight excluding hydrogens is 576 g/mol. The van der Waals surface area contributed by atoms with Crippen LogP contribution in [0.1, 0.15) is 233 Å². The molecule has 0 bridgehead atoms. The number of aliphatic carboxylic acids is 1. The van der Waals surface area contributed by atoms with E-state index in [1.54, 1.807) is 0 Å². The van der Waals surface area contributed by atoms with Gasteiger partial charge in [0.05, 0.1) is 0 Å². The maximum atomic E-state index is 11.2. The molecule has 0 radical (unpaired) electrons. The Bertz CT molecular complexity index is 574. The van der Waals surface area contributed by atoms with Crippen LogP contribution in [-0.2, 0) is 4.79 Å². The summed E-state index contributed by atoms with van der Waals surface area (Å²) in [4.78, 5) is 16.5. The molecule has 0 unspecified atom stereocenters. The van der Waals surface area contributed by atoms with Gasteiger partial charge in [-0.3, -0.25) is 4.79 Å². The molecule has 0 aliphatic carbocycles. The molecule has 0 amide bonds. The molecule has 0 aromatic carbocycles.